The molecule has 1 aliphatic rings. The predicted molar refractivity (Wildman–Crippen MR) is 138 cm³/mol. The normalized spacial score (nSPS) is 21.9. The number of benzene rings is 1. The van der Waals surface area contributed by atoms with E-state index in [1.165, 1.54) is 37.1 Å². The molecular weight excluding hydrogens is 538 g/mol. The molecule has 3 heterocycles. The molecule has 1 saturated heterocycles. The Morgan fingerprint density at radius 1 is 0.854 bits per heavy atom. The van der Waals surface area contributed by atoms with Gasteiger partial charge < -0.3 is 23.7 Å². The number of nitrogens with zero attached hydrogens (tertiary/aromatic N) is 5. The van der Waals surface area contributed by atoms with E-state index in [0.29, 0.717) is 17.1 Å². The molecule has 2 aromatic heterocycles. The zero-order valence-corrected chi connectivity index (χ0v) is 23.0. The zero-order valence-electron chi connectivity index (χ0n) is 23.0. The lowest BCUT2D eigenvalue weighted by molar-refractivity contribution is -0.270. The molecular formula is C27H29N5O9. The topological polar surface area (TPSA) is 171 Å². The van der Waals surface area contributed by atoms with Crippen LogP contribution in [0.5, 0.6) is 0 Å². The lowest BCUT2D eigenvalue weighted by atomic mass is 9.97. The summed E-state index contributed by atoms with van der Waals surface area (Å²) >= 11 is 0. The van der Waals surface area contributed by atoms with Crippen LogP contribution in [-0.2, 0) is 42.9 Å². The molecule has 14 heteroatoms. The maximum Gasteiger partial charge on any atom is 0.303 e. The van der Waals surface area contributed by atoms with Gasteiger partial charge in [-0.1, -0.05) is 29.8 Å². The Labute approximate surface area is 234 Å². The van der Waals surface area contributed by atoms with E-state index in [0.717, 1.165) is 19.4 Å². The highest BCUT2D eigenvalue weighted by molar-refractivity contribution is 5.69. The van der Waals surface area contributed by atoms with E-state index in [1.54, 1.807) is 0 Å². The van der Waals surface area contributed by atoms with Crippen LogP contribution in [0.25, 0.3) is 22.9 Å². The summed E-state index contributed by atoms with van der Waals surface area (Å²) in [5.41, 5.74) is 1.98. The number of carbonyl (C=O) groups excluding carboxylic acids is 4. The van der Waals surface area contributed by atoms with Crippen molar-refractivity contribution in [3.05, 3.63) is 48.4 Å². The van der Waals surface area contributed by atoms with Crippen molar-refractivity contribution in [3.8, 4) is 22.9 Å². The van der Waals surface area contributed by atoms with Gasteiger partial charge in [0.15, 0.2) is 30.4 Å². The van der Waals surface area contributed by atoms with Crippen LogP contribution in [0.1, 0.15) is 39.5 Å². The molecule has 41 heavy (non-hydrogen) atoms. The van der Waals surface area contributed by atoms with E-state index in [4.69, 9.17) is 23.7 Å². The quantitative estimate of drug-likeness (QED) is 0.286. The van der Waals surface area contributed by atoms with Gasteiger partial charge >= 0.3 is 23.9 Å². The van der Waals surface area contributed by atoms with Gasteiger partial charge in [-0.05, 0) is 6.92 Å². The third-order valence-corrected chi connectivity index (χ3v) is 5.94. The Morgan fingerprint density at radius 2 is 1.49 bits per heavy atom. The molecule has 0 N–H and O–H groups in total. The molecule has 0 unspecified atom stereocenters. The largest absolute Gasteiger partial charge is 0.463 e. The fraction of sp³-hybridized carbons (Fsp3) is 0.407. The maximum absolute atomic E-state index is 12.3. The minimum atomic E-state index is -1.37. The predicted octanol–water partition coefficient (Wildman–Crippen LogP) is 1.97. The second-order valence-electron chi connectivity index (χ2n) is 9.25. The Morgan fingerprint density at radius 3 is 2.07 bits per heavy atom. The van der Waals surface area contributed by atoms with Gasteiger partial charge in [0.05, 0.1) is 6.20 Å². The number of esters is 4. The first-order valence-corrected chi connectivity index (χ1v) is 12.6. The summed E-state index contributed by atoms with van der Waals surface area (Å²) in [7, 11) is 0. The van der Waals surface area contributed by atoms with Gasteiger partial charge in [0.25, 0.3) is 0 Å². The lowest BCUT2D eigenvalue weighted by Crippen LogP contribution is -2.60. The van der Waals surface area contributed by atoms with E-state index in [2.05, 4.69) is 20.1 Å². The molecule has 4 rings (SSSR count). The molecule has 5 atom stereocenters. The molecule has 0 saturated carbocycles. The van der Waals surface area contributed by atoms with Crippen molar-refractivity contribution in [3.63, 3.8) is 0 Å². The third-order valence-electron chi connectivity index (χ3n) is 5.94. The molecule has 1 aliphatic heterocycles. The van der Waals surface area contributed by atoms with Crippen LogP contribution >= 0.6 is 0 Å². The molecule has 3 aromatic rings. The fourth-order valence-corrected chi connectivity index (χ4v) is 4.33. The first-order valence-electron chi connectivity index (χ1n) is 12.6. The van der Waals surface area contributed by atoms with Crippen molar-refractivity contribution in [1.29, 1.82) is 0 Å². The van der Waals surface area contributed by atoms with Gasteiger partial charge in [0.1, 0.15) is 18.4 Å². The van der Waals surface area contributed by atoms with Gasteiger partial charge in [-0.3, -0.25) is 24.2 Å². The van der Waals surface area contributed by atoms with Crippen LogP contribution < -0.4 is 0 Å². The standard InChI is InChI=1S/C27H29N5O9/c1-14-6-8-19(9-7-14)26-30-25(20-12-28-10-11-29-20)31-32(26)27-24(40-18(5)36)23(39-17(4)35)22(38-16(3)34)21(41-27)13-37-15(2)33/h6-12,21-24,27H,13H2,1-5H3/t21-,22-,23+,24-,27-/m1/s1. The first-order chi connectivity index (χ1) is 19.5. The van der Waals surface area contributed by atoms with E-state index >= 15 is 0 Å². The molecule has 1 aromatic carbocycles. The maximum atomic E-state index is 12.3. The average molecular weight is 568 g/mol. The highest BCUT2D eigenvalue weighted by Gasteiger charge is 2.53. The van der Waals surface area contributed by atoms with E-state index in [1.807, 2.05) is 31.2 Å². The van der Waals surface area contributed by atoms with Crippen LogP contribution in [0.4, 0.5) is 0 Å². The van der Waals surface area contributed by atoms with E-state index in [-0.39, 0.29) is 12.4 Å². The summed E-state index contributed by atoms with van der Waals surface area (Å²) in [6, 6.07) is 7.40. The van der Waals surface area contributed by atoms with E-state index in [9.17, 15) is 19.2 Å². The zero-order chi connectivity index (χ0) is 29.7. The second kappa shape index (κ2) is 12.6. The van der Waals surface area contributed by atoms with Gasteiger partial charge in [-0.2, -0.15) is 0 Å². The van der Waals surface area contributed by atoms with Crippen LogP contribution in [0.3, 0.4) is 0 Å². The monoisotopic (exact) mass is 567 g/mol. The van der Waals surface area contributed by atoms with Crippen LogP contribution in [-0.4, -0.2) is 79.6 Å². The SMILES string of the molecule is CC(=O)OC[C@H]1O[C@@H](n2nc(-c3cnccn3)nc2-c2ccc(C)cc2)[C@H](OC(C)=O)[C@@H](OC(C)=O)[C@@H]1OC(C)=O. The molecule has 0 aliphatic carbocycles. The van der Waals surface area contributed by atoms with Crippen LogP contribution in [0, 0.1) is 6.92 Å². The van der Waals surface area contributed by atoms with Crippen molar-refractivity contribution in [1.82, 2.24) is 24.7 Å². The minimum absolute atomic E-state index is 0.182. The molecule has 0 radical (unpaired) electrons. The van der Waals surface area contributed by atoms with Crippen molar-refractivity contribution < 1.29 is 42.9 Å². The highest BCUT2D eigenvalue weighted by atomic mass is 16.7. The third kappa shape index (κ3) is 7.08. The molecule has 0 bridgehead atoms. The number of aryl methyl sites for hydroxylation is 1. The summed E-state index contributed by atoms with van der Waals surface area (Å²) in [5, 5.41) is 4.62. The van der Waals surface area contributed by atoms with Gasteiger partial charge in [0, 0.05) is 45.7 Å². The number of ether oxygens (including phenoxy) is 5. The van der Waals surface area contributed by atoms with Crippen LogP contribution in [0.15, 0.2) is 42.9 Å². The lowest BCUT2D eigenvalue weighted by Gasteiger charge is -2.44. The van der Waals surface area contributed by atoms with Crippen molar-refractivity contribution >= 4 is 23.9 Å². The molecule has 0 spiro atoms. The Balaban J connectivity index is 1.91. The summed E-state index contributed by atoms with van der Waals surface area (Å²) in [6.07, 6.45) is -2.02. The van der Waals surface area contributed by atoms with Crippen LogP contribution in [0.2, 0.25) is 0 Å². The van der Waals surface area contributed by atoms with E-state index < -0.39 is 54.5 Å². The molecule has 14 nitrogen and oxygen atoms in total. The smallest absolute Gasteiger partial charge is 0.303 e. The number of hydrogen-bond donors (Lipinski definition) is 0. The first kappa shape index (κ1) is 29.3. The number of rotatable bonds is 8. The average Bonchev–Trinajstić information content (AvgIpc) is 3.35. The summed E-state index contributed by atoms with van der Waals surface area (Å²) in [5.74, 6) is -2.34. The Kier molecular flexibility index (Phi) is 9.02. The highest BCUT2D eigenvalue weighted by Crippen LogP contribution is 2.37. The number of aromatic nitrogens is 5. The van der Waals surface area contributed by atoms with Crippen molar-refractivity contribution in [2.75, 3.05) is 6.61 Å². The summed E-state index contributed by atoms with van der Waals surface area (Å²) in [4.78, 5) is 61.3. The molecule has 0 amide bonds. The Hall–Kier alpha value is -4.72. The minimum Gasteiger partial charge on any atom is -0.463 e. The Bertz CT molecular complexity index is 1410. The fourth-order valence-electron chi connectivity index (χ4n) is 4.33. The molecule has 1 fully saturated rings. The van der Waals surface area contributed by atoms with Crippen molar-refractivity contribution in [2.45, 2.75) is 65.3 Å². The van der Waals surface area contributed by atoms with Gasteiger partial charge in [0.2, 0.25) is 5.82 Å². The molecule has 216 valence electrons. The number of carbonyl (C=O) groups is 4. The second-order valence-corrected chi connectivity index (χ2v) is 9.25. The summed E-state index contributed by atoms with van der Waals surface area (Å²) in [6.45, 7) is 6.23. The van der Waals surface area contributed by atoms with Gasteiger partial charge in [-0.15, -0.1) is 5.10 Å². The van der Waals surface area contributed by atoms with Crippen molar-refractivity contribution in [2.24, 2.45) is 0 Å². The number of hydrogen-bond acceptors (Lipinski definition) is 13. The summed E-state index contributed by atoms with van der Waals surface area (Å²) < 4.78 is 29.5. The van der Waals surface area contributed by atoms with Gasteiger partial charge in [-0.25, -0.2) is 14.6 Å².